The highest BCUT2D eigenvalue weighted by atomic mass is 79.9. The number of amides is 1. The van der Waals surface area contributed by atoms with Crippen LogP contribution in [0.2, 0.25) is 10.0 Å². The van der Waals surface area contributed by atoms with E-state index in [1.54, 1.807) is 25.1 Å². The van der Waals surface area contributed by atoms with Gasteiger partial charge in [-0.25, -0.2) is 5.43 Å². The van der Waals surface area contributed by atoms with Crippen LogP contribution >= 0.6 is 39.1 Å². The Hall–Kier alpha value is -2.08. The van der Waals surface area contributed by atoms with E-state index in [2.05, 4.69) is 26.5 Å². The largest absolute Gasteiger partial charge is 0.483 e. The van der Waals surface area contributed by atoms with Crippen molar-refractivity contribution in [3.8, 4) is 5.75 Å². The molecule has 1 amide bonds. The van der Waals surface area contributed by atoms with Crippen molar-refractivity contribution in [3.05, 3.63) is 74.7 Å². The van der Waals surface area contributed by atoms with Gasteiger partial charge in [-0.2, -0.15) is 5.10 Å². The summed E-state index contributed by atoms with van der Waals surface area (Å²) in [6.45, 7) is 1.61. The van der Waals surface area contributed by atoms with E-state index >= 15 is 0 Å². The van der Waals surface area contributed by atoms with Gasteiger partial charge in [0.1, 0.15) is 5.75 Å². The highest BCUT2D eigenvalue weighted by Gasteiger charge is 2.09. The molecule has 7 heteroatoms. The summed E-state index contributed by atoms with van der Waals surface area (Å²) in [7, 11) is 0. The fraction of sp³-hybridized carbons (Fsp3) is 0.100. The van der Waals surface area contributed by atoms with E-state index in [-0.39, 0.29) is 12.5 Å². The highest BCUT2D eigenvalue weighted by Crippen LogP contribution is 2.32. The molecule has 0 saturated heterocycles. The number of hydrazone groups is 1. The van der Waals surface area contributed by atoms with Gasteiger partial charge in [0.2, 0.25) is 0 Å². The number of hydrogen-bond donors (Lipinski definition) is 1. The van der Waals surface area contributed by atoms with E-state index in [9.17, 15) is 4.79 Å². The van der Waals surface area contributed by atoms with Gasteiger partial charge in [-0.1, -0.05) is 59.6 Å². The maximum absolute atomic E-state index is 12.0. The second-order valence-corrected chi connectivity index (χ2v) is 7.36. The average molecular weight is 466 g/mol. The molecular formula is C20H15BrCl2N2O2. The minimum Gasteiger partial charge on any atom is -0.483 e. The third-order valence-electron chi connectivity index (χ3n) is 3.87. The van der Waals surface area contributed by atoms with Gasteiger partial charge in [-0.3, -0.25) is 4.79 Å². The molecule has 0 spiro atoms. The number of carbonyl (C=O) groups is 1. The van der Waals surface area contributed by atoms with Crippen molar-refractivity contribution < 1.29 is 9.53 Å². The van der Waals surface area contributed by atoms with Gasteiger partial charge in [0.15, 0.2) is 6.61 Å². The summed E-state index contributed by atoms with van der Waals surface area (Å²) in [4.78, 5) is 12.0. The van der Waals surface area contributed by atoms with Crippen LogP contribution in [0, 0.1) is 0 Å². The molecule has 0 fully saturated rings. The molecule has 3 aromatic carbocycles. The fourth-order valence-electron chi connectivity index (χ4n) is 2.43. The van der Waals surface area contributed by atoms with Crippen LogP contribution in [-0.2, 0) is 4.79 Å². The van der Waals surface area contributed by atoms with Crippen molar-refractivity contribution >= 4 is 61.5 Å². The summed E-state index contributed by atoms with van der Waals surface area (Å²) < 4.78 is 6.42. The summed E-state index contributed by atoms with van der Waals surface area (Å²) in [6.07, 6.45) is 0. The Morgan fingerprint density at radius 1 is 1.11 bits per heavy atom. The van der Waals surface area contributed by atoms with E-state index < -0.39 is 0 Å². The predicted octanol–water partition coefficient (Wildman–Crippen LogP) is 5.83. The topological polar surface area (TPSA) is 50.7 Å². The number of rotatable bonds is 5. The van der Waals surface area contributed by atoms with Gasteiger partial charge in [0, 0.05) is 0 Å². The van der Waals surface area contributed by atoms with E-state index in [1.807, 2.05) is 36.4 Å². The minimum absolute atomic E-state index is 0.158. The molecule has 3 aromatic rings. The normalized spacial score (nSPS) is 11.5. The van der Waals surface area contributed by atoms with Crippen LogP contribution in [0.25, 0.3) is 10.8 Å². The molecule has 0 saturated carbocycles. The summed E-state index contributed by atoms with van der Waals surface area (Å²) in [6, 6.07) is 16.8. The molecule has 138 valence electrons. The summed E-state index contributed by atoms with van der Waals surface area (Å²) in [5.74, 6) is 0.225. The van der Waals surface area contributed by atoms with Crippen molar-refractivity contribution in [1.29, 1.82) is 0 Å². The summed E-state index contributed by atoms with van der Waals surface area (Å²) in [5.41, 5.74) is 3.85. The van der Waals surface area contributed by atoms with Gasteiger partial charge in [-0.05, 0) is 57.4 Å². The fourth-order valence-corrected chi connectivity index (χ4v) is 3.34. The second kappa shape index (κ2) is 8.74. The number of halogens is 3. The second-order valence-electron chi connectivity index (χ2n) is 5.75. The lowest BCUT2D eigenvalue weighted by molar-refractivity contribution is -0.123. The lowest BCUT2D eigenvalue weighted by Gasteiger charge is -2.10. The number of carbonyl (C=O) groups excluding carboxylic acids is 1. The van der Waals surface area contributed by atoms with Crippen LogP contribution in [0.5, 0.6) is 5.75 Å². The van der Waals surface area contributed by atoms with E-state index in [1.165, 1.54) is 0 Å². The molecule has 0 unspecified atom stereocenters. The highest BCUT2D eigenvalue weighted by molar-refractivity contribution is 9.10. The first kappa shape index (κ1) is 19.7. The van der Waals surface area contributed by atoms with Crippen LogP contribution < -0.4 is 10.2 Å². The van der Waals surface area contributed by atoms with Gasteiger partial charge in [0.25, 0.3) is 5.91 Å². The minimum atomic E-state index is -0.366. The molecular weight excluding hydrogens is 451 g/mol. The molecule has 0 aromatic heterocycles. The quantitative estimate of drug-likeness (QED) is 0.380. The lowest BCUT2D eigenvalue weighted by Crippen LogP contribution is -2.25. The third kappa shape index (κ3) is 4.80. The van der Waals surface area contributed by atoms with Crippen molar-refractivity contribution in [2.45, 2.75) is 6.92 Å². The Bertz CT molecular complexity index is 1040. The molecule has 3 rings (SSSR count). The molecule has 0 atom stereocenters. The van der Waals surface area contributed by atoms with Crippen LogP contribution in [-0.4, -0.2) is 18.2 Å². The first-order chi connectivity index (χ1) is 13.0. The zero-order valence-electron chi connectivity index (χ0n) is 14.3. The number of nitrogens with one attached hydrogen (secondary N) is 1. The first-order valence-electron chi connectivity index (χ1n) is 8.04. The average Bonchev–Trinajstić information content (AvgIpc) is 2.68. The molecule has 0 aliphatic carbocycles. The number of benzene rings is 3. The van der Waals surface area contributed by atoms with Crippen molar-refractivity contribution in [3.63, 3.8) is 0 Å². The SMILES string of the molecule is C/C(=N\NC(=O)COc1ccc2ccccc2c1Br)c1ccc(Cl)c(Cl)c1. The number of fused-ring (bicyclic) bond motifs is 1. The lowest BCUT2D eigenvalue weighted by atomic mass is 10.1. The number of ether oxygens (including phenoxy) is 1. The molecule has 27 heavy (non-hydrogen) atoms. The Morgan fingerprint density at radius 3 is 2.67 bits per heavy atom. The standard InChI is InChI=1S/C20H15BrCl2N2O2/c1-12(14-6-8-16(22)17(23)10-14)24-25-19(26)11-27-18-9-7-13-4-2-3-5-15(13)20(18)21/h2-10H,11H2,1H3,(H,25,26)/b24-12+. The Kier molecular flexibility index (Phi) is 6.37. The molecule has 0 heterocycles. The van der Waals surface area contributed by atoms with E-state index in [4.69, 9.17) is 27.9 Å². The Morgan fingerprint density at radius 2 is 1.89 bits per heavy atom. The smallest absolute Gasteiger partial charge is 0.277 e. The Balaban J connectivity index is 1.63. The van der Waals surface area contributed by atoms with Crippen LogP contribution in [0.1, 0.15) is 12.5 Å². The summed E-state index contributed by atoms with van der Waals surface area (Å²) >= 11 is 15.4. The number of hydrogen-bond acceptors (Lipinski definition) is 3. The van der Waals surface area contributed by atoms with E-state index in [0.29, 0.717) is 21.5 Å². The molecule has 0 aliphatic rings. The zero-order chi connectivity index (χ0) is 19.4. The predicted molar refractivity (Wildman–Crippen MR) is 114 cm³/mol. The molecule has 4 nitrogen and oxygen atoms in total. The monoisotopic (exact) mass is 464 g/mol. The molecule has 1 N–H and O–H groups in total. The van der Waals surface area contributed by atoms with Gasteiger partial charge >= 0.3 is 0 Å². The van der Waals surface area contributed by atoms with E-state index in [0.717, 1.165) is 20.8 Å². The zero-order valence-corrected chi connectivity index (χ0v) is 17.4. The number of nitrogens with zero attached hydrogens (tertiary/aromatic N) is 1. The van der Waals surface area contributed by atoms with Crippen LogP contribution in [0.3, 0.4) is 0 Å². The first-order valence-corrected chi connectivity index (χ1v) is 9.59. The third-order valence-corrected chi connectivity index (χ3v) is 5.43. The van der Waals surface area contributed by atoms with Crippen molar-refractivity contribution in [2.24, 2.45) is 5.10 Å². The van der Waals surface area contributed by atoms with Crippen molar-refractivity contribution in [2.75, 3.05) is 6.61 Å². The maximum Gasteiger partial charge on any atom is 0.277 e. The summed E-state index contributed by atoms with van der Waals surface area (Å²) in [5, 5.41) is 7.07. The molecule has 0 radical (unpaired) electrons. The molecule has 0 bridgehead atoms. The van der Waals surface area contributed by atoms with Gasteiger partial charge in [-0.15, -0.1) is 0 Å². The maximum atomic E-state index is 12.0. The van der Waals surface area contributed by atoms with Crippen LogP contribution in [0.4, 0.5) is 0 Å². The van der Waals surface area contributed by atoms with Crippen molar-refractivity contribution in [1.82, 2.24) is 5.43 Å². The van der Waals surface area contributed by atoms with Gasteiger partial charge in [0.05, 0.1) is 20.2 Å². The van der Waals surface area contributed by atoms with Gasteiger partial charge < -0.3 is 4.74 Å². The van der Waals surface area contributed by atoms with Crippen LogP contribution in [0.15, 0.2) is 64.2 Å². The molecule has 0 aliphatic heterocycles. The Labute approximate surface area is 175 Å².